The second-order valence-corrected chi connectivity index (χ2v) is 6.74. The lowest BCUT2D eigenvalue weighted by Gasteiger charge is -2.13. The number of amides is 2. The van der Waals surface area contributed by atoms with Crippen LogP contribution >= 0.6 is 0 Å². The molecule has 0 aromatic heterocycles. The van der Waals surface area contributed by atoms with Gasteiger partial charge in [0.25, 0.3) is 5.91 Å². The van der Waals surface area contributed by atoms with Crippen molar-refractivity contribution in [3.05, 3.63) is 59.7 Å². The molecule has 2 amide bonds. The summed E-state index contributed by atoms with van der Waals surface area (Å²) in [5.74, 6) is -1.54. The Morgan fingerprint density at radius 2 is 1.84 bits per heavy atom. The van der Waals surface area contributed by atoms with Crippen molar-refractivity contribution in [2.75, 3.05) is 10.6 Å². The molecule has 1 aliphatic heterocycles. The number of para-hydroxylation sites is 1. The summed E-state index contributed by atoms with van der Waals surface area (Å²) in [6.07, 6.45) is -5.08. The number of hydrogen-bond acceptors (Lipinski definition) is 4. The molecule has 0 saturated heterocycles. The number of aliphatic imine (C=N–C) groups is 2. The number of nitrogens with one attached hydrogen (secondary N) is 3. The zero-order valence-corrected chi connectivity index (χ0v) is 16.3. The summed E-state index contributed by atoms with van der Waals surface area (Å²) >= 11 is 0. The molecule has 2 aromatic rings. The lowest BCUT2D eigenvalue weighted by Crippen LogP contribution is -2.32. The van der Waals surface area contributed by atoms with Gasteiger partial charge in [0, 0.05) is 5.69 Å². The average molecular weight is 432 g/mol. The zero-order chi connectivity index (χ0) is 22.6. The number of carbonyl (C=O) groups excluding carboxylic acids is 2. The van der Waals surface area contributed by atoms with Crippen LogP contribution in [0.15, 0.2) is 58.5 Å². The van der Waals surface area contributed by atoms with E-state index in [1.807, 2.05) is 19.1 Å². The first-order chi connectivity index (χ1) is 14.6. The number of alkyl halides is 3. The second-order valence-electron chi connectivity index (χ2n) is 6.74. The third kappa shape index (κ3) is 5.81. The SMILES string of the molecule is Cc1ccc(NC(N)=NC2=N[C@@H](CC(=O)Nc3ccccc3C(F)(F)F)C(=O)N2)cc1. The van der Waals surface area contributed by atoms with E-state index >= 15 is 0 Å². The fourth-order valence-corrected chi connectivity index (χ4v) is 2.77. The Hall–Kier alpha value is -3.89. The number of nitrogens with two attached hydrogens (primary N) is 1. The van der Waals surface area contributed by atoms with Gasteiger partial charge in [-0.15, -0.1) is 0 Å². The van der Waals surface area contributed by atoms with Crippen molar-refractivity contribution in [1.82, 2.24) is 5.32 Å². The normalized spacial score (nSPS) is 16.5. The van der Waals surface area contributed by atoms with E-state index in [4.69, 9.17) is 5.73 Å². The summed E-state index contributed by atoms with van der Waals surface area (Å²) in [4.78, 5) is 32.2. The number of nitrogens with zero attached hydrogens (tertiary/aromatic N) is 2. The van der Waals surface area contributed by atoms with Crippen LogP contribution in [0.3, 0.4) is 0 Å². The molecular weight excluding hydrogens is 413 g/mol. The van der Waals surface area contributed by atoms with Gasteiger partial charge < -0.3 is 16.4 Å². The van der Waals surface area contributed by atoms with E-state index in [9.17, 15) is 22.8 Å². The molecule has 1 atom stereocenters. The highest BCUT2D eigenvalue weighted by Crippen LogP contribution is 2.34. The van der Waals surface area contributed by atoms with Gasteiger partial charge in [0.05, 0.1) is 17.7 Å². The number of benzene rings is 2. The van der Waals surface area contributed by atoms with Crippen LogP contribution < -0.4 is 21.7 Å². The number of guanidine groups is 2. The lowest BCUT2D eigenvalue weighted by molar-refractivity contribution is -0.137. The molecular formula is C20H19F3N6O2. The summed E-state index contributed by atoms with van der Waals surface area (Å²) in [7, 11) is 0. The first-order valence-electron chi connectivity index (χ1n) is 9.14. The van der Waals surface area contributed by atoms with Gasteiger partial charge in [0.1, 0.15) is 6.04 Å². The number of hydrogen-bond donors (Lipinski definition) is 4. The van der Waals surface area contributed by atoms with Crippen molar-refractivity contribution in [3.63, 3.8) is 0 Å². The maximum absolute atomic E-state index is 13.0. The minimum Gasteiger partial charge on any atom is -0.369 e. The Balaban J connectivity index is 1.64. The van der Waals surface area contributed by atoms with Crippen LogP contribution in [0.5, 0.6) is 0 Å². The average Bonchev–Trinajstić information content (AvgIpc) is 3.01. The van der Waals surface area contributed by atoms with Gasteiger partial charge in [0.2, 0.25) is 17.8 Å². The van der Waals surface area contributed by atoms with Gasteiger partial charge >= 0.3 is 6.18 Å². The molecule has 0 aliphatic carbocycles. The summed E-state index contributed by atoms with van der Waals surface area (Å²) < 4.78 is 39.1. The number of aryl methyl sites for hydroxylation is 1. The van der Waals surface area contributed by atoms with Crippen molar-refractivity contribution >= 4 is 35.1 Å². The van der Waals surface area contributed by atoms with E-state index < -0.39 is 41.7 Å². The Kier molecular flexibility index (Phi) is 6.23. The predicted octanol–water partition coefficient (Wildman–Crippen LogP) is 2.62. The first kappa shape index (κ1) is 21.8. The van der Waals surface area contributed by atoms with E-state index in [1.165, 1.54) is 12.1 Å². The minimum absolute atomic E-state index is 0.0351. The highest BCUT2D eigenvalue weighted by atomic mass is 19.4. The molecule has 0 saturated carbocycles. The number of rotatable bonds is 4. The molecule has 162 valence electrons. The number of halogens is 3. The fraction of sp³-hybridized carbons (Fsp3) is 0.200. The summed E-state index contributed by atoms with van der Waals surface area (Å²) in [5.41, 5.74) is 6.16. The Morgan fingerprint density at radius 1 is 1.16 bits per heavy atom. The molecule has 8 nitrogen and oxygen atoms in total. The molecule has 1 heterocycles. The van der Waals surface area contributed by atoms with Gasteiger partial charge in [-0.3, -0.25) is 14.9 Å². The van der Waals surface area contributed by atoms with E-state index in [1.54, 1.807) is 12.1 Å². The van der Waals surface area contributed by atoms with Crippen LogP contribution in [0, 0.1) is 6.92 Å². The molecule has 0 radical (unpaired) electrons. The Labute approximate surface area is 175 Å². The largest absolute Gasteiger partial charge is 0.418 e. The maximum Gasteiger partial charge on any atom is 0.418 e. The standard InChI is InChI=1S/C20H19F3N6O2/c1-11-6-8-12(9-7-11)25-18(24)29-19-27-15(17(31)28-19)10-16(30)26-14-5-3-2-4-13(14)20(21,22)23/h2-9,15H,10H2,1H3,(H,26,30)(H4,24,25,27,28,29,31)/t15-/m0/s1. The molecule has 5 N–H and O–H groups in total. The fourth-order valence-electron chi connectivity index (χ4n) is 2.77. The van der Waals surface area contributed by atoms with E-state index in [2.05, 4.69) is 25.9 Å². The van der Waals surface area contributed by atoms with Crippen LogP contribution in [0.2, 0.25) is 0 Å². The summed E-state index contributed by atoms with van der Waals surface area (Å²) in [6, 6.07) is 10.8. The monoisotopic (exact) mass is 432 g/mol. The highest BCUT2D eigenvalue weighted by Gasteiger charge is 2.34. The maximum atomic E-state index is 13.0. The van der Waals surface area contributed by atoms with Crippen molar-refractivity contribution in [2.45, 2.75) is 25.6 Å². The van der Waals surface area contributed by atoms with Crippen molar-refractivity contribution in [2.24, 2.45) is 15.7 Å². The van der Waals surface area contributed by atoms with Crippen molar-refractivity contribution < 1.29 is 22.8 Å². The molecule has 11 heteroatoms. The Bertz CT molecular complexity index is 1050. The van der Waals surface area contributed by atoms with Gasteiger partial charge in [-0.05, 0) is 31.2 Å². The van der Waals surface area contributed by atoms with Crippen molar-refractivity contribution in [1.29, 1.82) is 0 Å². The van der Waals surface area contributed by atoms with Gasteiger partial charge in [-0.2, -0.15) is 18.2 Å². The minimum atomic E-state index is -4.63. The number of carbonyl (C=O) groups is 2. The van der Waals surface area contributed by atoms with Crippen molar-refractivity contribution in [3.8, 4) is 0 Å². The highest BCUT2D eigenvalue weighted by molar-refractivity contribution is 6.11. The van der Waals surface area contributed by atoms with Crippen LogP contribution in [-0.4, -0.2) is 29.8 Å². The lowest BCUT2D eigenvalue weighted by atomic mass is 10.1. The molecule has 0 spiro atoms. The summed E-state index contributed by atoms with van der Waals surface area (Å²) in [5, 5.41) is 7.38. The molecule has 1 aliphatic rings. The summed E-state index contributed by atoms with van der Waals surface area (Å²) in [6.45, 7) is 1.93. The van der Waals surface area contributed by atoms with Crippen LogP contribution in [0.25, 0.3) is 0 Å². The number of anilines is 2. The quantitative estimate of drug-likeness (QED) is 0.438. The topological polar surface area (TPSA) is 121 Å². The van der Waals surface area contributed by atoms with E-state index in [-0.39, 0.29) is 11.9 Å². The van der Waals surface area contributed by atoms with Gasteiger partial charge in [0.15, 0.2) is 0 Å². The van der Waals surface area contributed by atoms with E-state index in [0.717, 1.165) is 17.7 Å². The molecule has 0 bridgehead atoms. The molecule has 0 fully saturated rings. The van der Waals surface area contributed by atoms with Gasteiger partial charge in [-0.1, -0.05) is 29.8 Å². The Morgan fingerprint density at radius 3 is 2.52 bits per heavy atom. The third-order valence-electron chi connectivity index (χ3n) is 4.25. The molecule has 31 heavy (non-hydrogen) atoms. The molecule has 3 rings (SSSR count). The van der Waals surface area contributed by atoms with Crippen LogP contribution in [0.1, 0.15) is 17.5 Å². The second kappa shape index (κ2) is 8.86. The van der Waals surface area contributed by atoms with E-state index in [0.29, 0.717) is 5.69 Å². The molecule has 2 aromatic carbocycles. The zero-order valence-electron chi connectivity index (χ0n) is 16.3. The smallest absolute Gasteiger partial charge is 0.369 e. The molecule has 0 unspecified atom stereocenters. The first-order valence-corrected chi connectivity index (χ1v) is 9.14. The van der Waals surface area contributed by atoms with Crippen LogP contribution in [0.4, 0.5) is 24.5 Å². The predicted molar refractivity (Wildman–Crippen MR) is 110 cm³/mol. The third-order valence-corrected chi connectivity index (χ3v) is 4.25. The van der Waals surface area contributed by atoms with Crippen LogP contribution in [-0.2, 0) is 15.8 Å². The van der Waals surface area contributed by atoms with Gasteiger partial charge in [-0.25, -0.2) is 4.99 Å².